The van der Waals surface area contributed by atoms with E-state index in [1.807, 2.05) is 12.2 Å². The third-order valence-corrected chi connectivity index (χ3v) is 5.63. The van der Waals surface area contributed by atoms with Crippen LogP contribution in [0.25, 0.3) is 0 Å². The van der Waals surface area contributed by atoms with Crippen LogP contribution in [-0.2, 0) is 19.1 Å². The first-order valence-electron chi connectivity index (χ1n) is 10.4. The fourth-order valence-electron chi connectivity index (χ4n) is 3.31. The van der Waals surface area contributed by atoms with Crippen molar-refractivity contribution in [3.05, 3.63) is 12.2 Å². The maximum absolute atomic E-state index is 12.3. The van der Waals surface area contributed by atoms with Crippen molar-refractivity contribution in [2.24, 2.45) is 5.41 Å². The van der Waals surface area contributed by atoms with Crippen LogP contribution >= 0.6 is 0 Å². The Labute approximate surface area is 164 Å². The van der Waals surface area contributed by atoms with E-state index in [-0.39, 0.29) is 23.3 Å². The minimum atomic E-state index is -0.497. The molecule has 1 aliphatic rings. The third kappa shape index (κ3) is 8.01. The molecule has 2 atom stereocenters. The van der Waals surface area contributed by atoms with Crippen LogP contribution in [0.1, 0.15) is 66.2 Å². The summed E-state index contributed by atoms with van der Waals surface area (Å²) < 4.78 is 11.2. The molecule has 0 aromatic carbocycles. The third-order valence-electron chi connectivity index (χ3n) is 5.63. The minimum Gasteiger partial charge on any atom is -0.376 e. The Kier molecular flexibility index (Phi) is 11.3. The smallest absolute Gasteiger partial charge is 0.249 e. The lowest BCUT2D eigenvalue weighted by Gasteiger charge is -2.28. The van der Waals surface area contributed by atoms with E-state index in [1.54, 1.807) is 6.92 Å². The maximum Gasteiger partial charge on any atom is 0.249 e. The molecule has 0 spiro atoms. The van der Waals surface area contributed by atoms with Gasteiger partial charge in [0.05, 0.1) is 12.7 Å². The van der Waals surface area contributed by atoms with Crippen molar-refractivity contribution in [2.45, 2.75) is 78.4 Å². The molecule has 0 aromatic rings. The summed E-state index contributed by atoms with van der Waals surface area (Å²) >= 11 is 0. The molecule has 6 heteroatoms. The number of amides is 2. The Hall–Kier alpha value is -1.40. The van der Waals surface area contributed by atoms with E-state index in [2.05, 4.69) is 31.4 Å². The number of carbonyl (C=O) groups is 2. The molecule has 1 fully saturated rings. The topological polar surface area (TPSA) is 76.7 Å². The summed E-state index contributed by atoms with van der Waals surface area (Å²) in [5.41, 5.74) is -0.267. The van der Waals surface area contributed by atoms with Gasteiger partial charge in [-0.3, -0.25) is 9.59 Å². The molecule has 6 nitrogen and oxygen atoms in total. The molecule has 27 heavy (non-hydrogen) atoms. The van der Waals surface area contributed by atoms with Crippen molar-refractivity contribution >= 4 is 11.8 Å². The fourth-order valence-corrected chi connectivity index (χ4v) is 3.31. The van der Waals surface area contributed by atoms with Gasteiger partial charge in [-0.1, -0.05) is 32.9 Å². The van der Waals surface area contributed by atoms with E-state index >= 15 is 0 Å². The number of ether oxygens (including phenoxy) is 2. The first-order valence-corrected chi connectivity index (χ1v) is 10.4. The molecular formula is C21H38N2O4. The molecule has 1 rings (SSSR count). The average molecular weight is 383 g/mol. The first-order chi connectivity index (χ1) is 13.0. The van der Waals surface area contributed by atoms with Crippen molar-refractivity contribution in [1.29, 1.82) is 0 Å². The van der Waals surface area contributed by atoms with Crippen LogP contribution in [0.3, 0.4) is 0 Å². The highest BCUT2D eigenvalue weighted by Crippen LogP contribution is 2.30. The van der Waals surface area contributed by atoms with Gasteiger partial charge in [0.1, 0.15) is 6.10 Å². The number of carbonyl (C=O) groups excluding carboxylic acids is 2. The zero-order valence-electron chi connectivity index (χ0n) is 17.5. The molecule has 156 valence electrons. The van der Waals surface area contributed by atoms with Crippen molar-refractivity contribution in [1.82, 2.24) is 10.6 Å². The summed E-state index contributed by atoms with van der Waals surface area (Å²) in [7, 11) is 0. The standard InChI is InChI=1S/C21H38N2O4/c1-5-21(6-2,7-3)20(25)23-14-10-9-13-22-19(24)17(4)27-16-18-12-8-11-15-26-18/h9-10,17-18H,5-8,11-16H2,1-4H3,(H,22,24)(H,23,25). The second kappa shape index (κ2) is 12.9. The summed E-state index contributed by atoms with van der Waals surface area (Å²) in [5.74, 6) is -0.0305. The van der Waals surface area contributed by atoms with E-state index in [0.717, 1.165) is 45.1 Å². The Morgan fingerprint density at radius 3 is 2.30 bits per heavy atom. The van der Waals surface area contributed by atoms with Gasteiger partial charge in [-0.2, -0.15) is 0 Å². The normalized spacial score (nSPS) is 19.0. The van der Waals surface area contributed by atoms with Crippen molar-refractivity contribution < 1.29 is 19.1 Å². The van der Waals surface area contributed by atoms with Crippen molar-refractivity contribution in [2.75, 3.05) is 26.3 Å². The minimum absolute atomic E-state index is 0.107. The first kappa shape index (κ1) is 23.6. The molecule has 0 aromatic heterocycles. The lowest BCUT2D eigenvalue weighted by molar-refractivity contribution is -0.135. The zero-order valence-corrected chi connectivity index (χ0v) is 17.5. The summed E-state index contributed by atoms with van der Waals surface area (Å²) in [6.07, 6.45) is 9.12. The molecule has 0 radical (unpaired) electrons. The van der Waals surface area contributed by atoms with Crippen LogP contribution in [-0.4, -0.2) is 50.3 Å². The largest absolute Gasteiger partial charge is 0.376 e. The molecule has 1 aliphatic heterocycles. The molecule has 0 bridgehead atoms. The van der Waals surface area contributed by atoms with E-state index in [0.29, 0.717) is 19.7 Å². The van der Waals surface area contributed by atoms with Crippen LogP contribution in [0, 0.1) is 5.41 Å². The van der Waals surface area contributed by atoms with Crippen molar-refractivity contribution in [3.63, 3.8) is 0 Å². The summed E-state index contributed by atoms with van der Waals surface area (Å²) in [5, 5.41) is 5.78. The number of hydrogen-bond donors (Lipinski definition) is 2. The predicted molar refractivity (Wildman–Crippen MR) is 107 cm³/mol. The maximum atomic E-state index is 12.3. The molecule has 2 unspecified atom stereocenters. The quantitative estimate of drug-likeness (QED) is 0.509. The Morgan fingerprint density at radius 1 is 1.11 bits per heavy atom. The van der Waals surface area contributed by atoms with E-state index < -0.39 is 6.10 Å². The second-order valence-electron chi connectivity index (χ2n) is 7.23. The van der Waals surface area contributed by atoms with Gasteiger partial charge in [0.2, 0.25) is 11.8 Å². The molecule has 0 aliphatic carbocycles. The van der Waals surface area contributed by atoms with Gasteiger partial charge in [-0.25, -0.2) is 0 Å². The van der Waals surface area contributed by atoms with Crippen LogP contribution in [0.15, 0.2) is 12.2 Å². The molecule has 0 saturated carbocycles. The highest BCUT2D eigenvalue weighted by atomic mass is 16.5. The number of nitrogens with one attached hydrogen (secondary N) is 2. The van der Waals surface area contributed by atoms with E-state index in [4.69, 9.17) is 9.47 Å². The van der Waals surface area contributed by atoms with E-state index in [9.17, 15) is 9.59 Å². The number of hydrogen-bond acceptors (Lipinski definition) is 4. The van der Waals surface area contributed by atoms with Crippen LogP contribution in [0.4, 0.5) is 0 Å². The van der Waals surface area contributed by atoms with Gasteiger partial charge in [0, 0.05) is 25.1 Å². The summed E-state index contributed by atoms with van der Waals surface area (Å²) in [6, 6.07) is 0. The Bertz CT molecular complexity index is 461. The van der Waals surface area contributed by atoms with E-state index in [1.165, 1.54) is 0 Å². The monoisotopic (exact) mass is 382 g/mol. The second-order valence-corrected chi connectivity index (χ2v) is 7.23. The zero-order chi connectivity index (χ0) is 20.1. The number of rotatable bonds is 12. The van der Waals surface area contributed by atoms with Gasteiger partial charge < -0.3 is 20.1 Å². The van der Waals surface area contributed by atoms with Crippen LogP contribution in [0.5, 0.6) is 0 Å². The van der Waals surface area contributed by atoms with Crippen LogP contribution < -0.4 is 10.6 Å². The lowest BCUT2D eigenvalue weighted by atomic mass is 9.79. The molecule has 1 heterocycles. The molecule has 1 saturated heterocycles. The SMILES string of the molecule is CCC(CC)(CC)C(=O)NCC=CCNC(=O)C(C)OCC1CCCCO1. The lowest BCUT2D eigenvalue weighted by Crippen LogP contribution is -2.40. The van der Waals surface area contributed by atoms with Crippen molar-refractivity contribution in [3.8, 4) is 0 Å². The highest BCUT2D eigenvalue weighted by Gasteiger charge is 2.32. The van der Waals surface area contributed by atoms with Gasteiger partial charge in [-0.05, 0) is 45.4 Å². The molecular weight excluding hydrogens is 344 g/mol. The van der Waals surface area contributed by atoms with Gasteiger partial charge in [0.25, 0.3) is 0 Å². The molecule has 2 N–H and O–H groups in total. The summed E-state index contributed by atoms with van der Waals surface area (Å²) in [6.45, 7) is 10.1. The fraction of sp³-hybridized carbons (Fsp3) is 0.810. The van der Waals surface area contributed by atoms with Gasteiger partial charge in [0.15, 0.2) is 0 Å². The van der Waals surface area contributed by atoms with Gasteiger partial charge >= 0.3 is 0 Å². The van der Waals surface area contributed by atoms with Gasteiger partial charge in [-0.15, -0.1) is 0 Å². The highest BCUT2D eigenvalue weighted by molar-refractivity contribution is 5.82. The molecule has 2 amide bonds. The Morgan fingerprint density at radius 2 is 1.74 bits per heavy atom. The van der Waals surface area contributed by atoms with Crippen LogP contribution in [0.2, 0.25) is 0 Å². The predicted octanol–water partition coefficient (Wildman–Crippen LogP) is 2.97. The average Bonchev–Trinajstić information content (AvgIpc) is 2.71. The Balaban J connectivity index is 2.19. The summed E-state index contributed by atoms with van der Waals surface area (Å²) in [4.78, 5) is 24.4.